The lowest BCUT2D eigenvalue weighted by atomic mass is 10.1. The maximum Gasteiger partial charge on any atom is 0.324 e. The van der Waals surface area contributed by atoms with E-state index in [0.29, 0.717) is 78.2 Å². The van der Waals surface area contributed by atoms with Gasteiger partial charge in [0.2, 0.25) is 17.7 Å². The minimum Gasteiger partial charge on any atom is -0.379 e. The Kier molecular flexibility index (Phi) is 31.4. The Morgan fingerprint density at radius 1 is 0.477 bits per heavy atom. The third-order valence-corrected chi connectivity index (χ3v) is 7.05. The van der Waals surface area contributed by atoms with Gasteiger partial charge in [0.25, 0.3) is 0 Å². The average Bonchev–Trinajstić information content (AvgIpc) is 3.02. The van der Waals surface area contributed by atoms with E-state index >= 15 is 0 Å². The van der Waals surface area contributed by atoms with Crippen molar-refractivity contribution >= 4 is 30.0 Å². The van der Waals surface area contributed by atoms with Crippen molar-refractivity contribution in [2.75, 3.05) is 46.1 Å². The van der Waals surface area contributed by atoms with Gasteiger partial charge in [0.1, 0.15) is 6.29 Å². The van der Waals surface area contributed by atoms with Crippen LogP contribution in [0.5, 0.6) is 0 Å². The van der Waals surface area contributed by atoms with Crippen LogP contribution >= 0.6 is 0 Å². The Bertz CT molecular complexity index is 739. The van der Waals surface area contributed by atoms with Gasteiger partial charge in [0.05, 0.1) is 26.4 Å². The van der Waals surface area contributed by atoms with Crippen molar-refractivity contribution < 1.29 is 38.3 Å². The second kappa shape index (κ2) is 33.3. The van der Waals surface area contributed by atoms with E-state index in [2.05, 4.69) is 20.8 Å². The van der Waals surface area contributed by atoms with E-state index in [-0.39, 0.29) is 23.7 Å². The molecule has 0 aromatic rings. The lowest BCUT2D eigenvalue weighted by Gasteiger charge is -2.08. The second-order valence-electron chi connectivity index (χ2n) is 11.0. The van der Waals surface area contributed by atoms with E-state index in [4.69, 9.17) is 15.4 Å². The molecule has 0 atom stereocenters. The van der Waals surface area contributed by atoms with E-state index in [1.165, 1.54) is 0 Å². The summed E-state index contributed by atoms with van der Waals surface area (Å²) >= 11 is 0. The van der Waals surface area contributed by atoms with Crippen molar-refractivity contribution in [2.45, 2.75) is 128 Å². The zero-order valence-corrected chi connectivity index (χ0v) is 27.0. The first kappa shape index (κ1) is 41.4. The van der Waals surface area contributed by atoms with Crippen LogP contribution in [-0.2, 0) is 38.3 Å². The van der Waals surface area contributed by atoms with Gasteiger partial charge in [-0.2, -0.15) is 5.90 Å². The molecule has 0 aliphatic rings. The lowest BCUT2D eigenvalue weighted by molar-refractivity contribution is -0.144. The molecule has 12 heteroatoms. The summed E-state index contributed by atoms with van der Waals surface area (Å²) in [7, 11) is 0. The normalized spacial score (nSPS) is 10.8. The molecule has 0 saturated carbocycles. The number of carbonyl (C=O) groups is 5. The summed E-state index contributed by atoms with van der Waals surface area (Å²) in [6.45, 7) is 3.44. The number of carbonyl (C=O) groups excluding carboxylic acids is 5. The number of ether oxygens (including phenoxy) is 2. The third kappa shape index (κ3) is 32.3. The highest BCUT2D eigenvalue weighted by Crippen LogP contribution is 2.07. The summed E-state index contributed by atoms with van der Waals surface area (Å²) in [4.78, 5) is 60.9. The molecule has 0 aromatic carbocycles. The molecule has 0 spiro atoms. The van der Waals surface area contributed by atoms with Crippen molar-refractivity contribution in [3.05, 3.63) is 0 Å². The van der Waals surface area contributed by atoms with E-state index in [1.807, 2.05) is 0 Å². The molecule has 0 unspecified atom stereocenters. The molecule has 256 valence electrons. The number of aldehydes is 1. The number of unbranched alkanes of at least 4 members (excludes halogenated alkanes) is 13. The number of rotatable bonds is 33. The van der Waals surface area contributed by atoms with Gasteiger partial charge in [-0.15, -0.1) is 0 Å². The highest BCUT2D eigenvalue weighted by molar-refractivity contribution is 5.76. The minimum absolute atomic E-state index is 0.0199. The van der Waals surface area contributed by atoms with Crippen LogP contribution in [0.15, 0.2) is 0 Å². The fraction of sp³-hybridized carbons (Fsp3) is 0.844. The van der Waals surface area contributed by atoms with Crippen LogP contribution in [0.1, 0.15) is 128 Å². The van der Waals surface area contributed by atoms with Crippen LogP contribution in [0.4, 0.5) is 0 Å². The standard InChI is InChI=1S/C32H60N4O8/c33-44-32(41)18-12-6-4-9-14-21-34-29(38)17-11-5-3-8-15-23-36-31(40)20-26-43-28-27-42-25-19-30(39)35-22-13-7-1-2-10-16-24-37/h24H,1-23,25-28,33H2,(H,34,38)(H,35,39)(H,36,40). The summed E-state index contributed by atoms with van der Waals surface area (Å²) in [5, 5.41) is 8.75. The molecule has 0 aliphatic heterocycles. The first-order valence-electron chi connectivity index (χ1n) is 16.8. The van der Waals surface area contributed by atoms with E-state index in [9.17, 15) is 24.0 Å². The zero-order valence-electron chi connectivity index (χ0n) is 27.0. The molecule has 0 aliphatic carbocycles. The largest absolute Gasteiger partial charge is 0.379 e. The third-order valence-electron chi connectivity index (χ3n) is 7.05. The number of nitrogens with two attached hydrogens (primary N) is 1. The topological polar surface area (TPSA) is 175 Å². The van der Waals surface area contributed by atoms with Crippen molar-refractivity contribution in [1.29, 1.82) is 0 Å². The molecule has 0 aromatic heterocycles. The van der Waals surface area contributed by atoms with Gasteiger partial charge in [-0.25, -0.2) is 0 Å². The maximum atomic E-state index is 11.9. The van der Waals surface area contributed by atoms with Crippen molar-refractivity contribution in [2.24, 2.45) is 5.90 Å². The Hall–Kier alpha value is -2.57. The van der Waals surface area contributed by atoms with Gasteiger partial charge < -0.3 is 35.1 Å². The Morgan fingerprint density at radius 2 is 0.864 bits per heavy atom. The van der Waals surface area contributed by atoms with Gasteiger partial charge in [0, 0.05) is 51.7 Å². The maximum absolute atomic E-state index is 11.9. The molecule has 0 fully saturated rings. The van der Waals surface area contributed by atoms with E-state index in [1.54, 1.807) is 0 Å². The van der Waals surface area contributed by atoms with Crippen molar-refractivity contribution in [1.82, 2.24) is 16.0 Å². The van der Waals surface area contributed by atoms with Gasteiger partial charge in [0.15, 0.2) is 0 Å². The fourth-order valence-corrected chi connectivity index (χ4v) is 4.41. The van der Waals surface area contributed by atoms with Crippen LogP contribution in [-0.4, -0.2) is 76.0 Å². The van der Waals surface area contributed by atoms with Crippen molar-refractivity contribution in [3.63, 3.8) is 0 Å². The lowest BCUT2D eigenvalue weighted by Crippen LogP contribution is -2.26. The first-order chi connectivity index (χ1) is 21.5. The summed E-state index contributed by atoms with van der Waals surface area (Å²) < 4.78 is 10.9. The quantitative estimate of drug-likeness (QED) is 0.0479. The zero-order chi connectivity index (χ0) is 32.4. The fourth-order valence-electron chi connectivity index (χ4n) is 4.41. The molecule has 12 nitrogen and oxygen atoms in total. The van der Waals surface area contributed by atoms with Gasteiger partial charge in [-0.3, -0.25) is 19.2 Å². The average molecular weight is 629 g/mol. The molecular formula is C32H60N4O8. The van der Waals surface area contributed by atoms with Crippen LogP contribution < -0.4 is 21.8 Å². The minimum atomic E-state index is -0.375. The Labute approximate surface area is 264 Å². The molecule has 44 heavy (non-hydrogen) atoms. The highest BCUT2D eigenvalue weighted by atomic mass is 16.7. The van der Waals surface area contributed by atoms with E-state index < -0.39 is 0 Å². The summed E-state index contributed by atoms with van der Waals surface area (Å²) in [6, 6.07) is 0. The predicted octanol–water partition coefficient (Wildman–Crippen LogP) is 3.79. The van der Waals surface area contributed by atoms with Gasteiger partial charge >= 0.3 is 5.97 Å². The number of amides is 3. The predicted molar refractivity (Wildman–Crippen MR) is 169 cm³/mol. The summed E-state index contributed by atoms with van der Waals surface area (Å²) in [5.41, 5.74) is 0. The number of nitrogens with one attached hydrogen (secondary N) is 3. The van der Waals surface area contributed by atoms with Crippen LogP contribution in [0.25, 0.3) is 0 Å². The smallest absolute Gasteiger partial charge is 0.324 e. The van der Waals surface area contributed by atoms with Crippen molar-refractivity contribution in [3.8, 4) is 0 Å². The van der Waals surface area contributed by atoms with Crippen LogP contribution in [0.2, 0.25) is 0 Å². The molecule has 0 bridgehead atoms. The number of hydrogen-bond acceptors (Lipinski definition) is 9. The van der Waals surface area contributed by atoms with Crippen LogP contribution in [0, 0.1) is 0 Å². The monoisotopic (exact) mass is 628 g/mol. The Morgan fingerprint density at radius 3 is 1.32 bits per heavy atom. The van der Waals surface area contributed by atoms with E-state index in [0.717, 1.165) is 103 Å². The molecule has 3 amide bonds. The summed E-state index contributed by atoms with van der Waals surface area (Å²) in [6.07, 6.45) is 17.8. The van der Waals surface area contributed by atoms with Crippen LogP contribution in [0.3, 0.4) is 0 Å². The summed E-state index contributed by atoms with van der Waals surface area (Å²) in [5.74, 6) is 4.47. The Balaban J connectivity index is 3.34. The molecule has 0 radical (unpaired) electrons. The van der Waals surface area contributed by atoms with Gasteiger partial charge in [-0.05, 0) is 38.5 Å². The number of hydrogen-bond donors (Lipinski definition) is 4. The molecule has 0 heterocycles. The molecule has 5 N–H and O–H groups in total. The SMILES string of the molecule is NOC(=O)CCCCCCCNC(=O)CCCCCCCNC(=O)CCOCCOCCC(=O)NCCCCCCCC=O. The van der Waals surface area contributed by atoms with Gasteiger partial charge in [-0.1, -0.05) is 57.8 Å². The second-order valence-corrected chi connectivity index (χ2v) is 11.0. The molecular weight excluding hydrogens is 568 g/mol. The first-order valence-corrected chi connectivity index (χ1v) is 16.8. The highest BCUT2D eigenvalue weighted by Gasteiger charge is 2.04. The molecule has 0 saturated heterocycles. The molecule has 0 rings (SSSR count).